The predicted molar refractivity (Wildman–Crippen MR) is 84.2 cm³/mol. The molecule has 0 amide bonds. The molecule has 0 bridgehead atoms. The van der Waals surface area contributed by atoms with Gasteiger partial charge in [0.2, 0.25) is 0 Å². The highest BCUT2D eigenvalue weighted by molar-refractivity contribution is 6.20. The van der Waals surface area contributed by atoms with Crippen molar-refractivity contribution in [2.75, 3.05) is 0 Å². The lowest BCUT2D eigenvalue weighted by atomic mass is 10.1. The van der Waals surface area contributed by atoms with E-state index in [1.807, 2.05) is 19.1 Å². The zero-order chi connectivity index (χ0) is 13.3. The molecule has 1 N–H and O–H groups in total. The molecule has 0 saturated carbocycles. The van der Waals surface area contributed by atoms with Crippen LogP contribution >= 0.6 is 24.0 Å². The number of aryl methyl sites for hydroxylation is 2. The molecular weight excluding hydrogens is 279 g/mol. The summed E-state index contributed by atoms with van der Waals surface area (Å²) in [7, 11) is 0. The topological polar surface area (TPSA) is 28.7 Å². The summed E-state index contributed by atoms with van der Waals surface area (Å²) >= 11 is 6.40. The fraction of sp³-hybridized carbons (Fsp3) is 0.400. The Hall–Kier alpha value is -0.990. The first kappa shape index (κ1) is 16.1. The number of aromatic amines is 1. The highest BCUT2D eigenvalue weighted by Crippen LogP contribution is 2.31. The van der Waals surface area contributed by atoms with Crippen LogP contribution in [0.1, 0.15) is 36.2 Å². The first-order valence-electron chi connectivity index (χ1n) is 6.27. The third-order valence-corrected chi connectivity index (χ3v) is 3.88. The van der Waals surface area contributed by atoms with E-state index in [4.69, 9.17) is 11.6 Å². The molecule has 0 radical (unpaired) electrons. The summed E-state index contributed by atoms with van der Waals surface area (Å²) in [6.45, 7) is 8.34. The van der Waals surface area contributed by atoms with E-state index in [-0.39, 0.29) is 17.8 Å². The number of aromatic nitrogens is 2. The predicted octanol–water partition coefficient (Wildman–Crippen LogP) is 5.05. The molecule has 2 nitrogen and oxygen atoms in total. The first-order chi connectivity index (χ1) is 8.50. The minimum atomic E-state index is -0.0426. The van der Waals surface area contributed by atoms with Crippen LogP contribution in [0.3, 0.4) is 0 Å². The number of hydrogen-bond donors (Lipinski definition) is 1. The number of imidazole rings is 1. The van der Waals surface area contributed by atoms with Crippen LogP contribution in [0.25, 0.3) is 11.4 Å². The quantitative estimate of drug-likeness (QED) is 0.789. The van der Waals surface area contributed by atoms with Gasteiger partial charge in [-0.25, -0.2) is 4.98 Å². The largest absolute Gasteiger partial charge is 0.342 e. The van der Waals surface area contributed by atoms with Crippen LogP contribution in [0.15, 0.2) is 24.3 Å². The van der Waals surface area contributed by atoms with E-state index in [0.717, 1.165) is 22.8 Å². The molecule has 19 heavy (non-hydrogen) atoms. The summed E-state index contributed by atoms with van der Waals surface area (Å²) in [5, 5.41) is -0.0426. The standard InChI is InChI=1S/C15H19ClN2.ClH/c1-9(2)13(16)14-11(4)17-15(18-14)12-8-6-5-7-10(12)3;/h5-9,13H,1-4H3,(H,17,18);1H. The van der Waals surface area contributed by atoms with Crippen LogP contribution in [-0.2, 0) is 0 Å². The first-order valence-corrected chi connectivity index (χ1v) is 6.71. The number of halogens is 2. The lowest BCUT2D eigenvalue weighted by molar-refractivity contribution is 0.612. The van der Waals surface area contributed by atoms with Gasteiger partial charge in [0.05, 0.1) is 11.1 Å². The monoisotopic (exact) mass is 298 g/mol. The molecular formula is C15H20Cl2N2. The molecule has 1 heterocycles. The van der Waals surface area contributed by atoms with E-state index in [2.05, 4.69) is 42.9 Å². The fourth-order valence-corrected chi connectivity index (χ4v) is 2.24. The fourth-order valence-electron chi connectivity index (χ4n) is 2.02. The van der Waals surface area contributed by atoms with Gasteiger partial charge in [0.15, 0.2) is 0 Å². The third-order valence-electron chi connectivity index (χ3n) is 3.17. The smallest absolute Gasteiger partial charge is 0.138 e. The Kier molecular flexibility index (Phi) is 5.45. The molecule has 0 saturated heterocycles. The molecule has 1 atom stereocenters. The minimum Gasteiger partial charge on any atom is -0.342 e. The zero-order valence-corrected chi connectivity index (χ0v) is 13.3. The summed E-state index contributed by atoms with van der Waals surface area (Å²) in [6, 6.07) is 8.23. The molecule has 1 unspecified atom stereocenters. The van der Waals surface area contributed by atoms with Gasteiger partial charge in [-0.3, -0.25) is 0 Å². The van der Waals surface area contributed by atoms with E-state index in [1.165, 1.54) is 5.56 Å². The second-order valence-corrected chi connectivity index (χ2v) is 5.53. The lowest BCUT2D eigenvalue weighted by Crippen LogP contribution is -2.01. The van der Waals surface area contributed by atoms with Gasteiger partial charge >= 0.3 is 0 Å². The molecule has 0 aliphatic heterocycles. The van der Waals surface area contributed by atoms with Gasteiger partial charge in [-0.05, 0) is 25.3 Å². The van der Waals surface area contributed by atoms with Crippen LogP contribution in [0, 0.1) is 19.8 Å². The van der Waals surface area contributed by atoms with Gasteiger partial charge in [0.1, 0.15) is 5.82 Å². The van der Waals surface area contributed by atoms with Crippen molar-refractivity contribution in [3.05, 3.63) is 41.2 Å². The van der Waals surface area contributed by atoms with Crippen LogP contribution in [0.5, 0.6) is 0 Å². The second kappa shape index (κ2) is 6.44. The second-order valence-electron chi connectivity index (χ2n) is 5.06. The molecule has 2 aromatic rings. The average molecular weight is 299 g/mol. The zero-order valence-electron chi connectivity index (χ0n) is 11.7. The van der Waals surface area contributed by atoms with Crippen LogP contribution in [-0.4, -0.2) is 9.97 Å². The summed E-state index contributed by atoms with van der Waals surface area (Å²) in [5.41, 5.74) is 4.37. The Labute approximate surface area is 126 Å². The molecule has 104 valence electrons. The van der Waals surface area contributed by atoms with E-state index in [0.29, 0.717) is 5.92 Å². The molecule has 1 aromatic heterocycles. The van der Waals surface area contributed by atoms with Crippen molar-refractivity contribution in [3.8, 4) is 11.4 Å². The van der Waals surface area contributed by atoms with Gasteiger partial charge in [0, 0.05) is 11.3 Å². The molecule has 2 rings (SSSR count). The van der Waals surface area contributed by atoms with Crippen molar-refractivity contribution >= 4 is 24.0 Å². The minimum absolute atomic E-state index is 0. The van der Waals surface area contributed by atoms with Crippen LogP contribution in [0.2, 0.25) is 0 Å². The molecule has 0 fully saturated rings. The van der Waals surface area contributed by atoms with Gasteiger partial charge in [0.25, 0.3) is 0 Å². The molecule has 0 aliphatic rings. The number of alkyl halides is 1. The van der Waals surface area contributed by atoms with E-state index < -0.39 is 0 Å². The molecule has 4 heteroatoms. The van der Waals surface area contributed by atoms with Crippen molar-refractivity contribution in [2.24, 2.45) is 5.92 Å². The van der Waals surface area contributed by atoms with Gasteiger partial charge < -0.3 is 4.98 Å². The Balaban J connectivity index is 0.00000180. The number of benzene rings is 1. The summed E-state index contributed by atoms with van der Waals surface area (Å²) in [5.74, 6) is 1.28. The maximum Gasteiger partial charge on any atom is 0.138 e. The Morgan fingerprint density at radius 2 is 1.79 bits per heavy atom. The Morgan fingerprint density at radius 3 is 2.37 bits per heavy atom. The van der Waals surface area contributed by atoms with Crippen LogP contribution in [0.4, 0.5) is 0 Å². The molecule has 0 spiro atoms. The van der Waals surface area contributed by atoms with Crippen molar-refractivity contribution < 1.29 is 0 Å². The van der Waals surface area contributed by atoms with Crippen molar-refractivity contribution in [1.29, 1.82) is 0 Å². The Morgan fingerprint density at radius 1 is 1.16 bits per heavy atom. The number of rotatable bonds is 3. The SMILES string of the molecule is Cc1ccccc1-c1nc(C(Cl)C(C)C)c(C)[nH]1.Cl. The van der Waals surface area contributed by atoms with Crippen molar-refractivity contribution in [1.82, 2.24) is 9.97 Å². The number of hydrogen-bond acceptors (Lipinski definition) is 1. The van der Waals surface area contributed by atoms with E-state index >= 15 is 0 Å². The van der Waals surface area contributed by atoms with Gasteiger partial charge in [-0.15, -0.1) is 24.0 Å². The number of nitrogens with one attached hydrogen (secondary N) is 1. The van der Waals surface area contributed by atoms with Gasteiger partial charge in [-0.2, -0.15) is 0 Å². The maximum absolute atomic E-state index is 6.40. The average Bonchev–Trinajstić information content (AvgIpc) is 2.70. The van der Waals surface area contributed by atoms with E-state index in [9.17, 15) is 0 Å². The third kappa shape index (κ3) is 3.31. The van der Waals surface area contributed by atoms with E-state index in [1.54, 1.807) is 0 Å². The number of nitrogens with zero attached hydrogens (tertiary/aromatic N) is 1. The normalized spacial score (nSPS) is 12.3. The Bertz CT molecular complexity index is 547. The highest BCUT2D eigenvalue weighted by atomic mass is 35.5. The number of H-pyrrole nitrogens is 1. The molecule has 1 aromatic carbocycles. The summed E-state index contributed by atoms with van der Waals surface area (Å²) in [4.78, 5) is 8.02. The van der Waals surface area contributed by atoms with Gasteiger partial charge in [-0.1, -0.05) is 38.1 Å². The van der Waals surface area contributed by atoms with Crippen molar-refractivity contribution in [3.63, 3.8) is 0 Å². The van der Waals surface area contributed by atoms with Crippen molar-refractivity contribution in [2.45, 2.75) is 33.1 Å². The summed E-state index contributed by atoms with van der Waals surface area (Å²) in [6.07, 6.45) is 0. The lowest BCUT2D eigenvalue weighted by Gasteiger charge is -2.11. The maximum atomic E-state index is 6.40. The molecule has 0 aliphatic carbocycles. The van der Waals surface area contributed by atoms with Crippen LogP contribution < -0.4 is 0 Å². The summed E-state index contributed by atoms with van der Waals surface area (Å²) < 4.78 is 0. The highest BCUT2D eigenvalue weighted by Gasteiger charge is 2.19.